The van der Waals surface area contributed by atoms with Gasteiger partial charge in [0, 0.05) is 11.7 Å². The van der Waals surface area contributed by atoms with Crippen molar-refractivity contribution in [2.75, 3.05) is 0 Å². The van der Waals surface area contributed by atoms with E-state index in [2.05, 4.69) is 29.3 Å². The third-order valence-corrected chi connectivity index (χ3v) is 2.85. The molecule has 3 heteroatoms. The molecule has 0 radical (unpaired) electrons. The summed E-state index contributed by atoms with van der Waals surface area (Å²) in [5.41, 5.74) is 10.5. The third-order valence-electron chi connectivity index (χ3n) is 2.85. The van der Waals surface area contributed by atoms with Crippen LogP contribution in [0.3, 0.4) is 0 Å². The van der Waals surface area contributed by atoms with E-state index in [9.17, 15) is 0 Å². The van der Waals surface area contributed by atoms with Gasteiger partial charge in [0.25, 0.3) is 0 Å². The van der Waals surface area contributed by atoms with E-state index < -0.39 is 0 Å². The minimum Gasteiger partial charge on any atom is -0.323 e. The monoisotopic (exact) mass is 203 g/mol. The highest BCUT2D eigenvalue weighted by molar-refractivity contribution is 5.45. The van der Waals surface area contributed by atoms with Gasteiger partial charge in [-0.05, 0) is 32.4 Å². The van der Waals surface area contributed by atoms with E-state index in [4.69, 9.17) is 5.73 Å². The fourth-order valence-electron chi connectivity index (χ4n) is 2.02. The fraction of sp³-hybridized carbons (Fsp3) is 0.417. The molecule has 0 aliphatic carbocycles. The van der Waals surface area contributed by atoms with Crippen LogP contribution in [-0.2, 0) is 0 Å². The van der Waals surface area contributed by atoms with Crippen LogP contribution in [0, 0.1) is 13.8 Å². The van der Waals surface area contributed by atoms with Gasteiger partial charge in [0.2, 0.25) is 0 Å². The Morgan fingerprint density at radius 1 is 1.40 bits per heavy atom. The molecule has 0 spiro atoms. The lowest BCUT2D eigenvalue weighted by molar-refractivity contribution is 0.660. The number of hydrogen-bond donors (Lipinski definition) is 1. The van der Waals surface area contributed by atoms with E-state index in [0.717, 1.165) is 23.5 Å². The molecule has 0 saturated carbocycles. The van der Waals surface area contributed by atoms with Crippen LogP contribution in [0.4, 0.5) is 0 Å². The summed E-state index contributed by atoms with van der Waals surface area (Å²) < 4.78 is 2.16. The van der Waals surface area contributed by atoms with Crippen molar-refractivity contribution in [3.8, 4) is 0 Å². The number of fused-ring (bicyclic) bond motifs is 1. The predicted octanol–water partition coefficient (Wildman–Crippen LogP) is 2.36. The topological polar surface area (TPSA) is 43.3 Å². The van der Waals surface area contributed by atoms with Crippen LogP contribution in [-0.4, -0.2) is 9.38 Å². The molecule has 2 N–H and O–H groups in total. The van der Waals surface area contributed by atoms with Gasteiger partial charge in [-0.15, -0.1) is 0 Å². The first kappa shape index (κ1) is 10.2. The van der Waals surface area contributed by atoms with Crippen LogP contribution in [0.15, 0.2) is 18.2 Å². The minimum absolute atomic E-state index is 0.0705. The Hall–Kier alpha value is -1.35. The normalized spacial score (nSPS) is 13.3. The zero-order chi connectivity index (χ0) is 11.0. The molecule has 0 amide bonds. The van der Waals surface area contributed by atoms with Gasteiger partial charge in [0.1, 0.15) is 5.65 Å². The van der Waals surface area contributed by atoms with Gasteiger partial charge in [-0.3, -0.25) is 4.40 Å². The van der Waals surface area contributed by atoms with Crippen LogP contribution < -0.4 is 5.73 Å². The standard InChI is InChI=1S/C12H17N3/c1-4-10(13)12-9(3)14-11-7-5-6-8(2)15(11)12/h5-7,10H,4,13H2,1-3H3. The zero-order valence-electron chi connectivity index (χ0n) is 9.49. The molecule has 0 fully saturated rings. The largest absolute Gasteiger partial charge is 0.323 e. The first-order chi connectivity index (χ1) is 7.15. The number of pyridine rings is 1. The van der Waals surface area contributed by atoms with Gasteiger partial charge in [-0.1, -0.05) is 13.0 Å². The molecule has 1 atom stereocenters. The highest BCUT2D eigenvalue weighted by atomic mass is 15.0. The maximum Gasteiger partial charge on any atom is 0.137 e. The maximum atomic E-state index is 6.11. The molecule has 2 aromatic heterocycles. The lowest BCUT2D eigenvalue weighted by Gasteiger charge is -2.11. The van der Waals surface area contributed by atoms with Gasteiger partial charge in [0.05, 0.1) is 11.4 Å². The molecule has 3 nitrogen and oxygen atoms in total. The lowest BCUT2D eigenvalue weighted by Crippen LogP contribution is -2.13. The summed E-state index contributed by atoms with van der Waals surface area (Å²) >= 11 is 0. The van der Waals surface area contributed by atoms with E-state index in [1.54, 1.807) is 0 Å². The van der Waals surface area contributed by atoms with Crippen molar-refractivity contribution >= 4 is 5.65 Å². The number of nitrogens with two attached hydrogens (primary N) is 1. The predicted molar refractivity (Wildman–Crippen MR) is 61.9 cm³/mol. The van der Waals surface area contributed by atoms with Gasteiger partial charge in [0.15, 0.2) is 0 Å². The number of rotatable bonds is 2. The second-order valence-electron chi connectivity index (χ2n) is 3.96. The van der Waals surface area contributed by atoms with Gasteiger partial charge in [-0.25, -0.2) is 4.98 Å². The first-order valence-electron chi connectivity index (χ1n) is 5.35. The Bertz CT molecular complexity index is 485. The molecule has 2 heterocycles. The molecule has 80 valence electrons. The smallest absolute Gasteiger partial charge is 0.137 e. The van der Waals surface area contributed by atoms with E-state index in [-0.39, 0.29) is 6.04 Å². The van der Waals surface area contributed by atoms with Gasteiger partial charge < -0.3 is 5.73 Å². The van der Waals surface area contributed by atoms with Crippen molar-refractivity contribution in [1.82, 2.24) is 9.38 Å². The summed E-state index contributed by atoms with van der Waals surface area (Å²) in [5, 5.41) is 0. The molecule has 0 aliphatic heterocycles. The van der Waals surface area contributed by atoms with Gasteiger partial charge >= 0.3 is 0 Å². The van der Waals surface area contributed by atoms with Crippen LogP contribution in [0.25, 0.3) is 5.65 Å². The summed E-state index contributed by atoms with van der Waals surface area (Å²) in [4.78, 5) is 4.53. The molecule has 0 aliphatic rings. The molecular formula is C12H17N3. The van der Waals surface area contributed by atoms with Crippen molar-refractivity contribution < 1.29 is 0 Å². The average Bonchev–Trinajstić information content (AvgIpc) is 2.55. The molecule has 0 bridgehead atoms. The SMILES string of the molecule is CCC(N)c1c(C)nc2cccc(C)n12. The van der Waals surface area contributed by atoms with Gasteiger partial charge in [-0.2, -0.15) is 0 Å². The summed E-state index contributed by atoms with van der Waals surface area (Å²) in [6.07, 6.45) is 0.933. The van der Waals surface area contributed by atoms with Crippen molar-refractivity contribution in [3.63, 3.8) is 0 Å². The van der Waals surface area contributed by atoms with Crippen molar-refractivity contribution in [2.45, 2.75) is 33.2 Å². The second kappa shape index (κ2) is 3.66. The van der Waals surface area contributed by atoms with Crippen LogP contribution in [0.2, 0.25) is 0 Å². The molecular weight excluding hydrogens is 186 g/mol. The van der Waals surface area contributed by atoms with Crippen LogP contribution in [0.5, 0.6) is 0 Å². The number of aryl methyl sites for hydroxylation is 2. The summed E-state index contributed by atoms with van der Waals surface area (Å²) in [6.45, 7) is 6.21. The van der Waals surface area contributed by atoms with Crippen molar-refractivity contribution in [2.24, 2.45) is 5.73 Å². The van der Waals surface area contributed by atoms with Crippen molar-refractivity contribution in [3.05, 3.63) is 35.3 Å². The Labute approximate surface area is 89.9 Å². The summed E-state index contributed by atoms with van der Waals surface area (Å²) in [7, 11) is 0. The molecule has 2 rings (SSSR count). The van der Waals surface area contributed by atoms with Crippen molar-refractivity contribution in [1.29, 1.82) is 0 Å². The summed E-state index contributed by atoms with van der Waals surface area (Å²) in [5.74, 6) is 0. The van der Waals surface area contributed by atoms with E-state index >= 15 is 0 Å². The Morgan fingerprint density at radius 3 is 2.80 bits per heavy atom. The third kappa shape index (κ3) is 1.53. The second-order valence-corrected chi connectivity index (χ2v) is 3.96. The van der Waals surface area contributed by atoms with E-state index in [1.807, 2.05) is 19.1 Å². The summed E-state index contributed by atoms with van der Waals surface area (Å²) in [6, 6.07) is 6.20. The number of hydrogen-bond acceptors (Lipinski definition) is 2. The molecule has 2 aromatic rings. The molecule has 15 heavy (non-hydrogen) atoms. The Morgan fingerprint density at radius 2 is 2.13 bits per heavy atom. The fourth-order valence-corrected chi connectivity index (χ4v) is 2.02. The quantitative estimate of drug-likeness (QED) is 0.814. The minimum atomic E-state index is 0.0705. The first-order valence-corrected chi connectivity index (χ1v) is 5.35. The Kier molecular flexibility index (Phi) is 2.49. The highest BCUT2D eigenvalue weighted by Crippen LogP contribution is 2.21. The number of nitrogens with zero attached hydrogens (tertiary/aromatic N) is 2. The molecule has 0 saturated heterocycles. The number of aromatic nitrogens is 2. The van der Waals surface area contributed by atoms with Crippen LogP contribution in [0.1, 0.15) is 36.5 Å². The molecule has 1 unspecified atom stereocenters. The zero-order valence-corrected chi connectivity index (χ0v) is 9.49. The highest BCUT2D eigenvalue weighted by Gasteiger charge is 2.15. The maximum absolute atomic E-state index is 6.11. The van der Waals surface area contributed by atoms with Crippen LogP contribution >= 0.6 is 0 Å². The lowest BCUT2D eigenvalue weighted by atomic mass is 10.1. The average molecular weight is 203 g/mol. The number of imidazole rings is 1. The van der Waals surface area contributed by atoms with E-state index in [1.165, 1.54) is 5.69 Å². The van der Waals surface area contributed by atoms with E-state index in [0.29, 0.717) is 0 Å². The molecule has 0 aromatic carbocycles. The Balaban J connectivity index is 2.76.